The number of aromatic hydroxyl groups is 1. The molecule has 0 fully saturated rings. The molecule has 0 aliphatic rings. The van der Waals surface area contributed by atoms with Crippen molar-refractivity contribution in [2.75, 3.05) is 7.11 Å². The van der Waals surface area contributed by atoms with Gasteiger partial charge in [0.25, 0.3) is 0 Å². The molecule has 0 radical (unpaired) electrons. The van der Waals surface area contributed by atoms with E-state index in [2.05, 4.69) is 9.72 Å². The Hall–Kier alpha value is -2.04. The number of hydrogen-bond acceptors (Lipinski definition) is 3. The van der Waals surface area contributed by atoms with Crippen LogP contribution in [0.5, 0.6) is 5.75 Å². The first-order valence-corrected chi connectivity index (χ1v) is 5.17. The molecule has 0 aliphatic carbocycles. The fourth-order valence-corrected chi connectivity index (χ4v) is 1.68. The highest BCUT2D eigenvalue weighted by Crippen LogP contribution is 2.24. The lowest BCUT2D eigenvalue weighted by Crippen LogP contribution is -2.01. The van der Waals surface area contributed by atoms with E-state index in [1.165, 1.54) is 19.2 Å². The number of methoxy groups -OCH3 is 1. The maximum absolute atomic E-state index is 13.1. The topological polar surface area (TPSA) is 62.3 Å². The number of carbonyl (C=O) groups excluding carboxylic acids is 1. The van der Waals surface area contributed by atoms with Crippen LogP contribution in [0.15, 0.2) is 18.2 Å². The van der Waals surface area contributed by atoms with E-state index in [0.29, 0.717) is 17.3 Å². The van der Waals surface area contributed by atoms with Gasteiger partial charge in [0, 0.05) is 22.7 Å². The maximum atomic E-state index is 13.1. The molecule has 2 aromatic rings. The van der Waals surface area contributed by atoms with Crippen molar-refractivity contribution in [3.05, 3.63) is 29.7 Å². The molecule has 0 atom stereocenters. The lowest BCUT2D eigenvalue weighted by atomic mass is 10.2. The first-order chi connectivity index (χ1) is 8.10. The van der Waals surface area contributed by atoms with E-state index >= 15 is 0 Å². The van der Waals surface area contributed by atoms with Gasteiger partial charge in [-0.25, -0.2) is 4.39 Å². The van der Waals surface area contributed by atoms with Crippen molar-refractivity contribution in [1.29, 1.82) is 0 Å². The Kier molecular flexibility index (Phi) is 2.99. The molecule has 1 aromatic carbocycles. The number of phenols is 1. The van der Waals surface area contributed by atoms with Gasteiger partial charge in [0.15, 0.2) is 11.6 Å². The number of aryl methyl sites for hydroxylation is 1. The predicted molar refractivity (Wildman–Crippen MR) is 60.3 cm³/mol. The Morgan fingerprint density at radius 3 is 2.94 bits per heavy atom. The largest absolute Gasteiger partial charge is 0.505 e. The van der Waals surface area contributed by atoms with Gasteiger partial charge in [0.05, 0.1) is 13.5 Å². The summed E-state index contributed by atoms with van der Waals surface area (Å²) in [4.78, 5) is 14.0. The number of ether oxygens (including phenoxy) is 1. The Labute approximate surface area is 97.0 Å². The standard InChI is InChI=1S/C12H12FNO3/c1-17-12(16)3-2-8-4-7-5-11(15)9(13)6-10(7)14-8/h4-6,14-15H,2-3H2,1H3. The van der Waals surface area contributed by atoms with Crippen molar-refractivity contribution in [3.63, 3.8) is 0 Å². The van der Waals surface area contributed by atoms with Crippen molar-refractivity contribution in [2.45, 2.75) is 12.8 Å². The third-order valence-electron chi connectivity index (χ3n) is 2.57. The highest BCUT2D eigenvalue weighted by Gasteiger charge is 2.08. The van der Waals surface area contributed by atoms with E-state index in [9.17, 15) is 14.3 Å². The molecule has 0 aliphatic heterocycles. The van der Waals surface area contributed by atoms with Crippen LogP contribution in [0, 0.1) is 5.82 Å². The van der Waals surface area contributed by atoms with Crippen LogP contribution in [-0.2, 0) is 16.0 Å². The summed E-state index contributed by atoms with van der Waals surface area (Å²) in [6.45, 7) is 0. The van der Waals surface area contributed by atoms with Crippen LogP contribution in [-0.4, -0.2) is 23.2 Å². The van der Waals surface area contributed by atoms with Crippen molar-refractivity contribution in [3.8, 4) is 5.75 Å². The number of fused-ring (bicyclic) bond motifs is 1. The average molecular weight is 237 g/mol. The molecule has 4 nitrogen and oxygen atoms in total. The number of esters is 1. The van der Waals surface area contributed by atoms with Gasteiger partial charge < -0.3 is 14.8 Å². The average Bonchev–Trinajstić information content (AvgIpc) is 2.68. The predicted octanol–water partition coefficient (Wildman–Crippen LogP) is 2.12. The first kappa shape index (κ1) is 11.4. The lowest BCUT2D eigenvalue weighted by Gasteiger charge is -1.96. The molecule has 1 aromatic heterocycles. The van der Waals surface area contributed by atoms with E-state index in [1.54, 1.807) is 6.07 Å². The van der Waals surface area contributed by atoms with Crippen LogP contribution < -0.4 is 0 Å². The number of rotatable bonds is 3. The van der Waals surface area contributed by atoms with Crippen LogP contribution in [0.1, 0.15) is 12.1 Å². The molecular formula is C12H12FNO3. The van der Waals surface area contributed by atoms with E-state index in [-0.39, 0.29) is 18.1 Å². The zero-order chi connectivity index (χ0) is 12.4. The van der Waals surface area contributed by atoms with Gasteiger partial charge in [-0.2, -0.15) is 0 Å². The summed E-state index contributed by atoms with van der Waals surface area (Å²) in [6.07, 6.45) is 0.752. The van der Waals surface area contributed by atoms with Crippen LogP contribution >= 0.6 is 0 Å². The Balaban J connectivity index is 2.23. The molecular weight excluding hydrogens is 225 g/mol. The second kappa shape index (κ2) is 4.45. The molecule has 0 spiro atoms. The number of aromatic nitrogens is 1. The van der Waals surface area contributed by atoms with Gasteiger partial charge in [-0.3, -0.25) is 4.79 Å². The minimum absolute atomic E-state index is 0.262. The zero-order valence-electron chi connectivity index (χ0n) is 9.29. The number of hydrogen-bond donors (Lipinski definition) is 2. The molecule has 0 saturated carbocycles. The Bertz CT molecular complexity index is 523. The number of benzene rings is 1. The smallest absolute Gasteiger partial charge is 0.305 e. The third kappa shape index (κ3) is 2.38. The van der Waals surface area contributed by atoms with Crippen molar-refractivity contribution in [1.82, 2.24) is 4.98 Å². The molecule has 0 bridgehead atoms. The normalized spacial score (nSPS) is 10.7. The number of carbonyl (C=O) groups is 1. The van der Waals surface area contributed by atoms with E-state index in [0.717, 1.165) is 5.69 Å². The van der Waals surface area contributed by atoms with Crippen LogP contribution in [0.25, 0.3) is 10.9 Å². The van der Waals surface area contributed by atoms with Gasteiger partial charge in [-0.1, -0.05) is 0 Å². The summed E-state index contributed by atoms with van der Waals surface area (Å²) in [6, 6.07) is 4.35. The molecule has 90 valence electrons. The van der Waals surface area contributed by atoms with Crippen molar-refractivity contribution < 1.29 is 19.0 Å². The molecule has 2 N–H and O–H groups in total. The summed E-state index contributed by atoms with van der Waals surface area (Å²) in [5, 5.41) is 9.93. The van der Waals surface area contributed by atoms with E-state index < -0.39 is 5.82 Å². The van der Waals surface area contributed by atoms with Crippen molar-refractivity contribution >= 4 is 16.9 Å². The van der Waals surface area contributed by atoms with E-state index in [4.69, 9.17) is 0 Å². The number of H-pyrrole nitrogens is 1. The molecule has 0 unspecified atom stereocenters. The molecule has 2 rings (SSSR count). The zero-order valence-corrected chi connectivity index (χ0v) is 9.29. The van der Waals surface area contributed by atoms with Crippen LogP contribution in [0.3, 0.4) is 0 Å². The summed E-state index contributed by atoms with van der Waals surface area (Å²) >= 11 is 0. The van der Waals surface area contributed by atoms with Crippen molar-refractivity contribution in [2.24, 2.45) is 0 Å². The summed E-state index contributed by atoms with van der Waals surface area (Å²) in [5.41, 5.74) is 1.40. The van der Waals surface area contributed by atoms with Gasteiger partial charge in [-0.15, -0.1) is 0 Å². The monoisotopic (exact) mass is 237 g/mol. The van der Waals surface area contributed by atoms with Gasteiger partial charge in [0.2, 0.25) is 0 Å². The maximum Gasteiger partial charge on any atom is 0.305 e. The Morgan fingerprint density at radius 2 is 2.24 bits per heavy atom. The molecule has 5 heteroatoms. The summed E-state index contributed by atoms with van der Waals surface area (Å²) in [7, 11) is 1.33. The molecule has 0 amide bonds. The lowest BCUT2D eigenvalue weighted by molar-refractivity contribution is -0.140. The third-order valence-corrected chi connectivity index (χ3v) is 2.57. The van der Waals surface area contributed by atoms with Crippen LogP contribution in [0.2, 0.25) is 0 Å². The first-order valence-electron chi connectivity index (χ1n) is 5.17. The SMILES string of the molecule is COC(=O)CCc1cc2cc(O)c(F)cc2[nH]1. The fourth-order valence-electron chi connectivity index (χ4n) is 1.68. The number of nitrogens with one attached hydrogen (secondary N) is 1. The van der Waals surface area contributed by atoms with Gasteiger partial charge in [0.1, 0.15) is 0 Å². The highest BCUT2D eigenvalue weighted by atomic mass is 19.1. The molecule has 0 saturated heterocycles. The summed E-state index contributed by atoms with van der Waals surface area (Å²) < 4.78 is 17.6. The fraction of sp³-hybridized carbons (Fsp3) is 0.250. The highest BCUT2D eigenvalue weighted by molar-refractivity contribution is 5.82. The van der Waals surface area contributed by atoms with E-state index in [1.807, 2.05) is 0 Å². The number of phenolic OH excluding ortho intramolecular Hbond substituents is 1. The molecule has 1 heterocycles. The van der Waals surface area contributed by atoms with Crippen LogP contribution in [0.4, 0.5) is 4.39 Å². The second-order valence-corrected chi connectivity index (χ2v) is 3.76. The molecule has 17 heavy (non-hydrogen) atoms. The van der Waals surface area contributed by atoms with Gasteiger partial charge in [-0.05, 0) is 18.6 Å². The Morgan fingerprint density at radius 1 is 1.47 bits per heavy atom. The number of aromatic amines is 1. The minimum Gasteiger partial charge on any atom is -0.505 e. The second-order valence-electron chi connectivity index (χ2n) is 3.76. The number of halogens is 1. The summed E-state index contributed by atoms with van der Waals surface area (Å²) in [5.74, 6) is -1.34. The minimum atomic E-state index is -0.668. The van der Waals surface area contributed by atoms with Gasteiger partial charge >= 0.3 is 5.97 Å². The quantitative estimate of drug-likeness (QED) is 0.804.